The van der Waals surface area contributed by atoms with Gasteiger partial charge in [0.05, 0.1) is 6.04 Å². The van der Waals surface area contributed by atoms with Gasteiger partial charge in [-0.05, 0) is 50.7 Å². The molecule has 2 heterocycles. The van der Waals surface area contributed by atoms with Gasteiger partial charge < -0.3 is 10.2 Å². The van der Waals surface area contributed by atoms with Gasteiger partial charge in [-0.25, -0.2) is 0 Å². The molecular weight excluding hydrogens is 248 g/mol. The number of likely N-dealkylation sites (tertiary alicyclic amines) is 1. The average Bonchev–Trinajstić information content (AvgIpc) is 2.87. The first-order chi connectivity index (χ1) is 9.65. The van der Waals surface area contributed by atoms with E-state index >= 15 is 0 Å². The SMILES string of the molecule is CCC1CCC(C)N1C(CN)c1ccc(C2CC2C)o1. The van der Waals surface area contributed by atoms with Crippen molar-refractivity contribution in [1.29, 1.82) is 0 Å². The predicted octanol–water partition coefficient (Wildman–Crippen LogP) is 3.67. The molecule has 5 atom stereocenters. The van der Waals surface area contributed by atoms with Crippen molar-refractivity contribution in [3.8, 4) is 0 Å². The molecule has 0 amide bonds. The van der Waals surface area contributed by atoms with Gasteiger partial charge in [-0.1, -0.05) is 13.8 Å². The summed E-state index contributed by atoms with van der Waals surface area (Å²) < 4.78 is 6.16. The van der Waals surface area contributed by atoms with E-state index in [0.717, 1.165) is 11.7 Å². The van der Waals surface area contributed by atoms with Gasteiger partial charge in [0.25, 0.3) is 0 Å². The van der Waals surface area contributed by atoms with E-state index in [9.17, 15) is 0 Å². The fourth-order valence-corrected chi connectivity index (χ4v) is 3.92. The van der Waals surface area contributed by atoms with Crippen molar-refractivity contribution < 1.29 is 4.42 Å². The van der Waals surface area contributed by atoms with Gasteiger partial charge >= 0.3 is 0 Å². The van der Waals surface area contributed by atoms with Gasteiger partial charge in [0.2, 0.25) is 0 Å². The second-order valence-corrected chi connectivity index (χ2v) is 6.75. The van der Waals surface area contributed by atoms with Gasteiger partial charge in [0, 0.05) is 24.5 Å². The van der Waals surface area contributed by atoms with Crippen molar-refractivity contribution in [2.75, 3.05) is 6.54 Å². The van der Waals surface area contributed by atoms with Gasteiger partial charge in [-0.3, -0.25) is 4.90 Å². The highest BCUT2D eigenvalue weighted by Crippen LogP contribution is 2.48. The minimum atomic E-state index is 0.250. The molecule has 1 saturated carbocycles. The lowest BCUT2D eigenvalue weighted by molar-refractivity contribution is 0.120. The Bertz CT molecular complexity index is 456. The van der Waals surface area contributed by atoms with Gasteiger partial charge in [-0.2, -0.15) is 0 Å². The maximum Gasteiger partial charge on any atom is 0.122 e. The lowest BCUT2D eigenvalue weighted by atomic mass is 10.1. The summed E-state index contributed by atoms with van der Waals surface area (Å²) in [6.45, 7) is 7.55. The molecule has 1 aromatic rings. The lowest BCUT2D eigenvalue weighted by Gasteiger charge is -2.34. The molecule has 2 N–H and O–H groups in total. The second kappa shape index (κ2) is 5.53. The molecule has 1 aliphatic carbocycles. The minimum absolute atomic E-state index is 0.250. The number of nitrogens with zero attached hydrogens (tertiary/aromatic N) is 1. The Kier molecular flexibility index (Phi) is 3.91. The van der Waals surface area contributed by atoms with E-state index in [2.05, 4.69) is 37.8 Å². The third-order valence-corrected chi connectivity index (χ3v) is 5.35. The van der Waals surface area contributed by atoms with E-state index in [1.807, 2.05) is 0 Å². The molecule has 2 aliphatic rings. The molecule has 0 bridgehead atoms. The van der Waals surface area contributed by atoms with Crippen LogP contribution in [0.5, 0.6) is 0 Å². The Hall–Kier alpha value is -0.800. The van der Waals surface area contributed by atoms with E-state index in [4.69, 9.17) is 10.2 Å². The molecule has 2 fully saturated rings. The highest BCUT2D eigenvalue weighted by Gasteiger charge is 2.39. The van der Waals surface area contributed by atoms with Crippen molar-refractivity contribution in [3.63, 3.8) is 0 Å². The molecule has 3 nitrogen and oxygen atoms in total. The number of furan rings is 1. The number of hydrogen-bond donors (Lipinski definition) is 1. The number of rotatable bonds is 5. The summed E-state index contributed by atoms with van der Waals surface area (Å²) in [7, 11) is 0. The normalized spacial score (nSPS) is 35.4. The highest BCUT2D eigenvalue weighted by molar-refractivity contribution is 5.20. The van der Waals surface area contributed by atoms with Crippen molar-refractivity contribution in [3.05, 3.63) is 23.7 Å². The molecule has 20 heavy (non-hydrogen) atoms. The molecule has 112 valence electrons. The Morgan fingerprint density at radius 2 is 2.10 bits per heavy atom. The van der Waals surface area contributed by atoms with Crippen molar-refractivity contribution in [2.24, 2.45) is 11.7 Å². The van der Waals surface area contributed by atoms with Gasteiger partial charge in [0.1, 0.15) is 11.5 Å². The standard InChI is InChI=1S/C17H28N2O/c1-4-13-6-5-12(3)19(13)15(10-18)17-8-7-16(20-17)14-9-11(14)2/h7-8,11-15H,4-6,9-10,18H2,1-3H3. The molecule has 3 heteroatoms. The smallest absolute Gasteiger partial charge is 0.122 e. The van der Waals surface area contributed by atoms with Crippen LogP contribution < -0.4 is 5.73 Å². The van der Waals surface area contributed by atoms with Crippen LogP contribution in [-0.4, -0.2) is 23.5 Å². The van der Waals surface area contributed by atoms with Crippen LogP contribution in [0.1, 0.15) is 69.9 Å². The Morgan fingerprint density at radius 3 is 2.70 bits per heavy atom. The molecule has 0 spiro atoms. The highest BCUT2D eigenvalue weighted by atomic mass is 16.3. The van der Waals surface area contributed by atoms with Crippen LogP contribution in [0.2, 0.25) is 0 Å². The van der Waals surface area contributed by atoms with E-state index in [1.165, 1.54) is 31.4 Å². The Balaban J connectivity index is 1.80. The summed E-state index contributed by atoms with van der Waals surface area (Å²) in [6.07, 6.45) is 5.05. The third-order valence-electron chi connectivity index (χ3n) is 5.35. The fourth-order valence-electron chi connectivity index (χ4n) is 3.92. The number of hydrogen-bond acceptors (Lipinski definition) is 3. The Morgan fingerprint density at radius 1 is 1.35 bits per heavy atom. The molecular formula is C17H28N2O. The van der Waals surface area contributed by atoms with Crippen LogP contribution in [-0.2, 0) is 0 Å². The first-order valence-corrected chi connectivity index (χ1v) is 8.22. The largest absolute Gasteiger partial charge is 0.464 e. The van der Waals surface area contributed by atoms with Crippen LogP contribution in [0.25, 0.3) is 0 Å². The van der Waals surface area contributed by atoms with Crippen LogP contribution in [0, 0.1) is 5.92 Å². The van der Waals surface area contributed by atoms with Gasteiger partial charge in [-0.15, -0.1) is 0 Å². The monoisotopic (exact) mass is 276 g/mol. The van der Waals surface area contributed by atoms with Crippen molar-refractivity contribution in [2.45, 2.75) is 70.5 Å². The van der Waals surface area contributed by atoms with Crippen LogP contribution in [0.3, 0.4) is 0 Å². The molecule has 1 saturated heterocycles. The first-order valence-electron chi connectivity index (χ1n) is 8.22. The van der Waals surface area contributed by atoms with Crippen LogP contribution in [0.15, 0.2) is 16.5 Å². The van der Waals surface area contributed by atoms with E-state index in [0.29, 0.717) is 24.5 Å². The summed E-state index contributed by atoms with van der Waals surface area (Å²) in [5.74, 6) is 3.69. The molecule has 0 aromatic carbocycles. The third kappa shape index (κ3) is 2.42. The zero-order chi connectivity index (χ0) is 14.3. The maximum absolute atomic E-state index is 6.16. The van der Waals surface area contributed by atoms with Crippen LogP contribution in [0.4, 0.5) is 0 Å². The lowest BCUT2D eigenvalue weighted by Crippen LogP contribution is -2.40. The number of nitrogens with two attached hydrogens (primary N) is 1. The zero-order valence-corrected chi connectivity index (χ0v) is 13.0. The fraction of sp³-hybridized carbons (Fsp3) is 0.765. The average molecular weight is 276 g/mol. The molecule has 3 rings (SSSR count). The molecule has 0 radical (unpaired) electrons. The molecule has 1 aliphatic heterocycles. The summed E-state index contributed by atoms with van der Waals surface area (Å²) in [5, 5.41) is 0. The zero-order valence-electron chi connectivity index (χ0n) is 13.0. The summed E-state index contributed by atoms with van der Waals surface area (Å²) in [5.41, 5.74) is 6.09. The topological polar surface area (TPSA) is 42.4 Å². The predicted molar refractivity (Wildman–Crippen MR) is 81.6 cm³/mol. The van der Waals surface area contributed by atoms with Crippen LogP contribution >= 0.6 is 0 Å². The van der Waals surface area contributed by atoms with E-state index in [-0.39, 0.29) is 6.04 Å². The van der Waals surface area contributed by atoms with Crippen molar-refractivity contribution in [1.82, 2.24) is 4.90 Å². The van der Waals surface area contributed by atoms with Gasteiger partial charge in [0.15, 0.2) is 0 Å². The van der Waals surface area contributed by atoms with E-state index in [1.54, 1.807) is 0 Å². The second-order valence-electron chi connectivity index (χ2n) is 6.75. The summed E-state index contributed by atoms with van der Waals surface area (Å²) >= 11 is 0. The summed E-state index contributed by atoms with van der Waals surface area (Å²) in [4.78, 5) is 2.60. The first kappa shape index (κ1) is 14.2. The Labute approximate surface area is 122 Å². The molecule has 5 unspecified atom stereocenters. The minimum Gasteiger partial charge on any atom is -0.464 e. The molecule has 1 aromatic heterocycles. The maximum atomic E-state index is 6.16. The summed E-state index contributed by atoms with van der Waals surface area (Å²) in [6, 6.07) is 5.86. The van der Waals surface area contributed by atoms with Crippen molar-refractivity contribution >= 4 is 0 Å². The quantitative estimate of drug-likeness (QED) is 0.892. The van der Waals surface area contributed by atoms with E-state index < -0.39 is 0 Å².